The number of hydrogen-bond acceptors (Lipinski definition) is 5. The summed E-state index contributed by atoms with van der Waals surface area (Å²) in [4.78, 5) is 11.5. The van der Waals surface area contributed by atoms with Gasteiger partial charge in [0.15, 0.2) is 9.84 Å². The second-order valence-electron chi connectivity index (χ2n) is 4.61. The van der Waals surface area contributed by atoms with Crippen LogP contribution in [0.3, 0.4) is 0 Å². The summed E-state index contributed by atoms with van der Waals surface area (Å²) in [5.41, 5.74) is 0. The van der Waals surface area contributed by atoms with Gasteiger partial charge in [0.1, 0.15) is 11.5 Å². The van der Waals surface area contributed by atoms with E-state index in [9.17, 15) is 13.2 Å². The molecule has 0 aliphatic carbocycles. The van der Waals surface area contributed by atoms with Crippen molar-refractivity contribution in [2.24, 2.45) is 0 Å². The number of benzene rings is 1. The summed E-state index contributed by atoms with van der Waals surface area (Å²) < 4.78 is 34.5. The molecule has 0 saturated carbocycles. The number of carbonyl (C=O) groups is 1. The molecule has 0 unspecified atom stereocenters. The maximum Gasteiger partial charge on any atom is 0.337 e. The van der Waals surface area contributed by atoms with Crippen molar-refractivity contribution in [1.29, 1.82) is 0 Å². The first kappa shape index (κ1) is 13.6. The van der Waals surface area contributed by atoms with Crippen molar-refractivity contribution < 1.29 is 22.7 Å². The lowest BCUT2D eigenvalue weighted by atomic mass is 10.3. The quantitative estimate of drug-likeness (QED) is 0.788. The molecule has 102 valence electrons. The number of carbonyl (C=O) groups excluding carboxylic acids is 1. The van der Waals surface area contributed by atoms with Crippen LogP contribution in [0.5, 0.6) is 0 Å². The van der Waals surface area contributed by atoms with Gasteiger partial charge in [-0.25, -0.2) is 13.2 Å². The number of esters is 1. The minimum Gasteiger partial charge on any atom is -0.456 e. The Morgan fingerprint density at radius 2 is 1.74 bits per heavy atom. The van der Waals surface area contributed by atoms with Crippen molar-refractivity contribution in [2.75, 3.05) is 5.75 Å². The number of ether oxygens (including phenoxy) is 2. The van der Waals surface area contributed by atoms with Crippen molar-refractivity contribution in [3.8, 4) is 0 Å². The summed E-state index contributed by atoms with van der Waals surface area (Å²) in [5.74, 6) is -2.03. The first-order valence-corrected chi connectivity index (χ1v) is 7.34. The Bertz CT molecular complexity index is 614. The van der Waals surface area contributed by atoms with E-state index >= 15 is 0 Å². The second-order valence-corrected chi connectivity index (χ2v) is 6.60. The Morgan fingerprint density at radius 1 is 1.11 bits per heavy atom. The van der Waals surface area contributed by atoms with Gasteiger partial charge in [0.05, 0.1) is 11.0 Å². The molecule has 2 rings (SSSR count). The van der Waals surface area contributed by atoms with E-state index in [2.05, 4.69) is 0 Å². The smallest absolute Gasteiger partial charge is 0.337 e. The van der Waals surface area contributed by atoms with Gasteiger partial charge < -0.3 is 9.47 Å². The minimum atomic E-state index is -3.53. The van der Waals surface area contributed by atoms with Crippen LogP contribution in [0.2, 0.25) is 0 Å². The third kappa shape index (κ3) is 3.35. The standard InChI is InChI=1S/C13H14O5S/c1-13(2)17-10(8-12(14)18-13)9-19(15,16)11-6-4-3-5-7-11/h3-8H,9H2,1-2H3. The Hall–Kier alpha value is -1.82. The van der Waals surface area contributed by atoms with E-state index in [0.29, 0.717) is 0 Å². The summed E-state index contributed by atoms with van der Waals surface area (Å²) in [6.45, 7) is 3.10. The van der Waals surface area contributed by atoms with E-state index in [0.717, 1.165) is 6.08 Å². The van der Waals surface area contributed by atoms with E-state index in [-0.39, 0.29) is 16.4 Å². The van der Waals surface area contributed by atoms with Gasteiger partial charge in [-0.1, -0.05) is 18.2 Å². The largest absolute Gasteiger partial charge is 0.456 e. The molecule has 0 aromatic heterocycles. The van der Waals surface area contributed by atoms with Gasteiger partial charge in [-0.2, -0.15) is 0 Å². The molecule has 6 heteroatoms. The van der Waals surface area contributed by atoms with E-state index < -0.39 is 21.6 Å². The summed E-state index contributed by atoms with van der Waals surface area (Å²) in [5, 5.41) is 0. The fraction of sp³-hybridized carbons (Fsp3) is 0.308. The van der Waals surface area contributed by atoms with Gasteiger partial charge >= 0.3 is 5.97 Å². The van der Waals surface area contributed by atoms with E-state index in [1.807, 2.05) is 0 Å². The van der Waals surface area contributed by atoms with Crippen LogP contribution in [0.25, 0.3) is 0 Å². The average Bonchev–Trinajstić information content (AvgIpc) is 2.26. The summed E-state index contributed by atoms with van der Waals surface area (Å²) in [7, 11) is -3.53. The zero-order valence-corrected chi connectivity index (χ0v) is 11.4. The molecule has 5 nitrogen and oxygen atoms in total. The van der Waals surface area contributed by atoms with Crippen LogP contribution in [0.15, 0.2) is 47.1 Å². The third-order valence-electron chi connectivity index (χ3n) is 2.44. The van der Waals surface area contributed by atoms with Crippen molar-refractivity contribution >= 4 is 15.8 Å². The van der Waals surface area contributed by atoms with Crippen LogP contribution in [0.4, 0.5) is 0 Å². The van der Waals surface area contributed by atoms with E-state index in [1.165, 1.54) is 12.1 Å². The SMILES string of the molecule is CC1(C)OC(=O)C=C(CS(=O)(=O)c2ccccc2)O1. The lowest BCUT2D eigenvalue weighted by Crippen LogP contribution is -2.35. The van der Waals surface area contributed by atoms with Gasteiger partial charge in [-0.3, -0.25) is 0 Å². The molecule has 0 saturated heterocycles. The van der Waals surface area contributed by atoms with Gasteiger partial charge in [0.2, 0.25) is 5.79 Å². The topological polar surface area (TPSA) is 69.7 Å². The van der Waals surface area contributed by atoms with Crippen LogP contribution in [-0.4, -0.2) is 25.9 Å². The fourth-order valence-electron chi connectivity index (χ4n) is 1.74. The zero-order chi connectivity index (χ0) is 14.1. The van der Waals surface area contributed by atoms with E-state index in [4.69, 9.17) is 9.47 Å². The summed E-state index contributed by atoms with van der Waals surface area (Å²) in [6.07, 6.45) is 1.06. The maximum absolute atomic E-state index is 12.1. The van der Waals surface area contributed by atoms with Crippen molar-refractivity contribution in [3.05, 3.63) is 42.2 Å². The predicted octanol–water partition coefficient (Wildman–Crippen LogP) is 1.65. The van der Waals surface area contributed by atoms with Crippen LogP contribution in [0, 0.1) is 0 Å². The van der Waals surface area contributed by atoms with Gasteiger partial charge in [-0.15, -0.1) is 0 Å². The molecule has 1 aliphatic heterocycles. The van der Waals surface area contributed by atoms with Crippen molar-refractivity contribution in [2.45, 2.75) is 24.5 Å². The molecule has 0 atom stereocenters. The Morgan fingerprint density at radius 3 is 2.32 bits per heavy atom. The van der Waals surface area contributed by atoms with Gasteiger partial charge in [0, 0.05) is 13.8 Å². The molecule has 1 aliphatic rings. The number of hydrogen-bond donors (Lipinski definition) is 0. The second kappa shape index (κ2) is 4.70. The van der Waals surface area contributed by atoms with Crippen LogP contribution < -0.4 is 0 Å². The molecule has 0 spiro atoms. The molecule has 0 bridgehead atoms. The average molecular weight is 282 g/mol. The first-order chi connectivity index (χ1) is 8.78. The summed E-state index contributed by atoms with van der Waals surface area (Å²) >= 11 is 0. The maximum atomic E-state index is 12.1. The highest BCUT2D eigenvalue weighted by molar-refractivity contribution is 7.91. The molecule has 0 radical (unpaired) electrons. The lowest BCUT2D eigenvalue weighted by Gasteiger charge is -2.30. The lowest BCUT2D eigenvalue weighted by molar-refractivity contribution is -0.204. The third-order valence-corrected chi connectivity index (χ3v) is 4.09. The van der Waals surface area contributed by atoms with Crippen LogP contribution in [0.1, 0.15) is 13.8 Å². The highest BCUT2D eigenvalue weighted by Crippen LogP contribution is 2.24. The Balaban J connectivity index is 2.24. The van der Waals surface area contributed by atoms with Crippen molar-refractivity contribution in [3.63, 3.8) is 0 Å². The molecule has 1 heterocycles. The molecule has 0 amide bonds. The number of cyclic esters (lactones) is 1. The van der Waals surface area contributed by atoms with Crippen LogP contribution >= 0.6 is 0 Å². The normalized spacial score (nSPS) is 18.2. The summed E-state index contributed by atoms with van der Waals surface area (Å²) in [6, 6.07) is 8.02. The number of rotatable bonds is 3. The monoisotopic (exact) mass is 282 g/mol. The molecule has 0 fully saturated rings. The highest BCUT2D eigenvalue weighted by Gasteiger charge is 2.32. The zero-order valence-electron chi connectivity index (χ0n) is 10.6. The highest BCUT2D eigenvalue weighted by atomic mass is 32.2. The van der Waals surface area contributed by atoms with Gasteiger partial charge in [0.25, 0.3) is 0 Å². The Labute approximate surface area is 111 Å². The van der Waals surface area contributed by atoms with Crippen molar-refractivity contribution in [1.82, 2.24) is 0 Å². The first-order valence-electron chi connectivity index (χ1n) is 5.69. The van der Waals surface area contributed by atoms with Crippen LogP contribution in [-0.2, 0) is 24.1 Å². The molecule has 0 N–H and O–H groups in total. The fourth-order valence-corrected chi connectivity index (χ4v) is 2.99. The Kier molecular flexibility index (Phi) is 3.36. The predicted molar refractivity (Wildman–Crippen MR) is 67.8 cm³/mol. The molecule has 1 aromatic rings. The number of sulfone groups is 1. The molecular formula is C13H14O5S. The molecule has 1 aromatic carbocycles. The van der Waals surface area contributed by atoms with Gasteiger partial charge in [-0.05, 0) is 12.1 Å². The molecule has 19 heavy (non-hydrogen) atoms. The molecular weight excluding hydrogens is 268 g/mol. The minimum absolute atomic E-state index is 0.0881. The van der Waals surface area contributed by atoms with E-state index in [1.54, 1.807) is 32.0 Å².